The number of aliphatic hydroxyl groups is 2. The van der Waals surface area contributed by atoms with Crippen molar-refractivity contribution < 1.29 is 53.6 Å². The number of carboxylic acid groups (broad SMARTS) is 2. The molecule has 5 atom stereocenters. The van der Waals surface area contributed by atoms with Crippen LogP contribution in [-0.4, -0.2) is 92.6 Å². The maximum atomic E-state index is 11.3. The second kappa shape index (κ2) is 8.80. The largest absolute Gasteiger partial charge is 0.481 e. The van der Waals surface area contributed by atoms with E-state index >= 15 is 0 Å². The minimum atomic E-state index is -4.83. The molecule has 3 heterocycles. The van der Waals surface area contributed by atoms with Crippen molar-refractivity contribution in [3.05, 3.63) is 12.7 Å². The third-order valence-electron chi connectivity index (χ3n) is 4.36. The van der Waals surface area contributed by atoms with Gasteiger partial charge in [0.15, 0.2) is 23.2 Å². The third-order valence-corrected chi connectivity index (χ3v) is 4.85. The number of nitrogens with one attached hydrogen (secondary N) is 1. The Kier molecular flexibility index (Phi) is 6.51. The van der Waals surface area contributed by atoms with Gasteiger partial charge in [-0.3, -0.25) is 13.9 Å². The Hall–Kier alpha value is -2.72. The van der Waals surface area contributed by atoms with Crippen molar-refractivity contribution in [2.24, 2.45) is 0 Å². The molecular weight excluding hydrogens is 445 g/mol. The van der Waals surface area contributed by atoms with Gasteiger partial charge in [0.05, 0.1) is 19.4 Å². The molecule has 0 unspecified atom stereocenters. The van der Waals surface area contributed by atoms with Crippen LogP contribution in [0.3, 0.4) is 0 Å². The number of aliphatic carboxylic acids is 2. The van der Waals surface area contributed by atoms with E-state index in [0.717, 1.165) is 12.7 Å². The first-order chi connectivity index (χ1) is 14.5. The molecule has 1 aliphatic rings. The average Bonchev–Trinajstić information content (AvgIpc) is 3.21. The molecule has 0 bridgehead atoms. The summed E-state index contributed by atoms with van der Waals surface area (Å²) in [5.74, 6) is -2.87. The summed E-state index contributed by atoms with van der Waals surface area (Å²) >= 11 is 0. The summed E-state index contributed by atoms with van der Waals surface area (Å²) in [6.45, 7) is -0.705. The zero-order chi connectivity index (χ0) is 22.9. The van der Waals surface area contributed by atoms with E-state index in [2.05, 4.69) is 24.8 Å². The molecule has 1 saturated heterocycles. The van der Waals surface area contributed by atoms with Crippen LogP contribution in [0.4, 0.5) is 5.82 Å². The van der Waals surface area contributed by atoms with E-state index in [-0.39, 0.29) is 17.0 Å². The molecule has 0 radical (unpaired) electrons. The maximum Gasteiger partial charge on any atom is 0.469 e. The Bertz CT molecular complexity index is 1030. The van der Waals surface area contributed by atoms with Crippen LogP contribution in [0.5, 0.6) is 0 Å². The summed E-state index contributed by atoms with van der Waals surface area (Å²) in [5.41, 5.74) is 0.0733. The number of phosphoric acid groups is 1. The molecule has 1 fully saturated rings. The quantitative estimate of drug-likeness (QED) is 0.197. The van der Waals surface area contributed by atoms with Crippen molar-refractivity contribution in [2.75, 3.05) is 11.9 Å². The normalized spacial score (nSPS) is 24.9. The highest BCUT2D eigenvalue weighted by Crippen LogP contribution is 2.39. The van der Waals surface area contributed by atoms with E-state index in [4.69, 9.17) is 19.6 Å². The Balaban J connectivity index is 1.86. The van der Waals surface area contributed by atoms with Crippen molar-refractivity contribution in [3.8, 4) is 0 Å². The van der Waals surface area contributed by atoms with Crippen molar-refractivity contribution in [2.45, 2.75) is 37.0 Å². The summed E-state index contributed by atoms with van der Waals surface area (Å²) in [6.07, 6.45) is -4.20. The zero-order valence-electron chi connectivity index (χ0n) is 15.4. The number of hydrogen-bond acceptors (Lipinski definition) is 11. The van der Waals surface area contributed by atoms with Crippen LogP contribution in [0.1, 0.15) is 12.6 Å². The van der Waals surface area contributed by atoms with Gasteiger partial charge in [0.2, 0.25) is 0 Å². The second-order valence-corrected chi connectivity index (χ2v) is 7.75. The van der Waals surface area contributed by atoms with Crippen LogP contribution in [-0.2, 0) is 23.4 Å². The number of carbonyl (C=O) groups is 2. The van der Waals surface area contributed by atoms with Gasteiger partial charge in [0, 0.05) is 0 Å². The second-order valence-electron chi connectivity index (χ2n) is 6.51. The lowest BCUT2D eigenvalue weighted by molar-refractivity contribution is -0.144. The van der Waals surface area contributed by atoms with E-state index in [1.807, 2.05) is 0 Å². The average molecular weight is 463 g/mol. The van der Waals surface area contributed by atoms with Crippen LogP contribution < -0.4 is 5.32 Å². The molecule has 16 nitrogen and oxygen atoms in total. The molecule has 0 aliphatic carbocycles. The number of fused-ring (bicyclic) bond motifs is 1. The first-order valence-corrected chi connectivity index (χ1v) is 10.1. The van der Waals surface area contributed by atoms with Gasteiger partial charge in [-0.25, -0.2) is 24.3 Å². The highest BCUT2D eigenvalue weighted by atomic mass is 31.2. The molecule has 2 aromatic rings. The fourth-order valence-corrected chi connectivity index (χ4v) is 3.29. The van der Waals surface area contributed by atoms with Gasteiger partial charge in [0.1, 0.15) is 30.7 Å². The first-order valence-electron chi connectivity index (χ1n) is 8.58. The van der Waals surface area contributed by atoms with Gasteiger partial charge in [-0.15, -0.1) is 0 Å². The van der Waals surface area contributed by atoms with E-state index < -0.39 is 63.4 Å². The highest BCUT2D eigenvalue weighted by molar-refractivity contribution is 7.46. The van der Waals surface area contributed by atoms with Gasteiger partial charge in [-0.1, -0.05) is 0 Å². The first kappa shape index (κ1) is 23.0. The monoisotopic (exact) mass is 463 g/mol. The zero-order valence-corrected chi connectivity index (χ0v) is 16.3. The standard InChI is InChI=1S/C14H18N5O11P/c20-7(21)1-5(14(24)25)18-11-8-12(16-3-15-11)19(4-17-8)13-10(23)9(22)6(30-13)2-29-31(26,27)28/h3-6,9-10,13,22-23H,1-2H2,(H,20,21)(H,24,25)(H,15,16,18)(H2,26,27,28)/t5-,6-,9-,10+,13+/m0/s1. The summed E-state index contributed by atoms with van der Waals surface area (Å²) in [6, 6.07) is -1.51. The lowest BCUT2D eigenvalue weighted by Gasteiger charge is -2.17. The van der Waals surface area contributed by atoms with Crippen molar-refractivity contribution >= 4 is 36.7 Å². The minimum Gasteiger partial charge on any atom is -0.481 e. The summed E-state index contributed by atoms with van der Waals surface area (Å²) in [4.78, 5) is 51.6. The number of imidazole rings is 1. The number of aromatic nitrogens is 4. The van der Waals surface area contributed by atoms with Gasteiger partial charge in [0.25, 0.3) is 0 Å². The van der Waals surface area contributed by atoms with Gasteiger partial charge in [-0.2, -0.15) is 0 Å². The lowest BCUT2D eigenvalue weighted by Crippen LogP contribution is -2.33. The summed E-state index contributed by atoms with van der Waals surface area (Å²) < 4.78 is 21.8. The van der Waals surface area contributed by atoms with Crippen LogP contribution in [0, 0.1) is 0 Å². The Labute approximate surface area is 172 Å². The number of phosphoric ester groups is 1. The molecule has 3 rings (SSSR count). The van der Waals surface area contributed by atoms with E-state index in [1.165, 1.54) is 4.57 Å². The maximum absolute atomic E-state index is 11.3. The van der Waals surface area contributed by atoms with Crippen LogP contribution >= 0.6 is 7.82 Å². The van der Waals surface area contributed by atoms with Crippen LogP contribution in [0.15, 0.2) is 12.7 Å². The number of carboxylic acids is 2. The molecular formula is C14H18N5O11P. The number of rotatable bonds is 9. The van der Waals surface area contributed by atoms with Crippen LogP contribution in [0.25, 0.3) is 11.2 Å². The number of aliphatic hydroxyl groups excluding tert-OH is 2. The lowest BCUT2D eigenvalue weighted by atomic mass is 10.1. The number of anilines is 1. The molecule has 17 heteroatoms. The predicted octanol–water partition coefficient (Wildman–Crippen LogP) is -2.11. The third kappa shape index (κ3) is 5.13. The smallest absolute Gasteiger partial charge is 0.469 e. The van der Waals surface area contributed by atoms with E-state index in [9.17, 15) is 29.5 Å². The predicted molar refractivity (Wildman–Crippen MR) is 96.5 cm³/mol. The number of ether oxygens (including phenoxy) is 1. The SMILES string of the molecule is O=C(O)C[C@H](Nc1ncnc2c1ncn2[C@@H]1O[C@@H](COP(=O)(O)O)[C@H](O)[C@H]1O)C(=O)O. The fraction of sp³-hybridized carbons (Fsp3) is 0.500. The molecule has 0 aromatic carbocycles. The fourth-order valence-electron chi connectivity index (χ4n) is 2.95. The molecule has 1 aliphatic heterocycles. The summed E-state index contributed by atoms with van der Waals surface area (Å²) in [5, 5.41) is 40.9. The van der Waals surface area contributed by atoms with Crippen molar-refractivity contribution in [1.29, 1.82) is 0 Å². The molecule has 2 aromatic heterocycles. The molecule has 0 spiro atoms. The molecule has 0 saturated carbocycles. The Morgan fingerprint density at radius 1 is 1.23 bits per heavy atom. The molecule has 0 amide bonds. The number of nitrogens with zero attached hydrogens (tertiary/aromatic N) is 4. The van der Waals surface area contributed by atoms with E-state index in [1.54, 1.807) is 0 Å². The summed E-state index contributed by atoms with van der Waals surface area (Å²) in [7, 11) is -4.83. The van der Waals surface area contributed by atoms with Gasteiger partial charge < -0.3 is 40.3 Å². The van der Waals surface area contributed by atoms with Gasteiger partial charge in [-0.05, 0) is 0 Å². The topological polar surface area (TPSA) is 247 Å². The van der Waals surface area contributed by atoms with E-state index in [0.29, 0.717) is 0 Å². The van der Waals surface area contributed by atoms with Crippen molar-refractivity contribution in [1.82, 2.24) is 19.5 Å². The van der Waals surface area contributed by atoms with Crippen molar-refractivity contribution in [3.63, 3.8) is 0 Å². The molecule has 7 N–H and O–H groups in total. The molecule has 170 valence electrons. The Morgan fingerprint density at radius 2 is 1.94 bits per heavy atom. The van der Waals surface area contributed by atoms with Crippen LogP contribution in [0.2, 0.25) is 0 Å². The van der Waals surface area contributed by atoms with Gasteiger partial charge >= 0.3 is 19.8 Å². The highest BCUT2D eigenvalue weighted by Gasteiger charge is 2.45. The number of hydrogen-bond donors (Lipinski definition) is 7. The minimum absolute atomic E-state index is 0.0272. The Morgan fingerprint density at radius 3 is 2.55 bits per heavy atom. The molecule has 31 heavy (non-hydrogen) atoms.